The molecule has 5 nitrogen and oxygen atoms in total. The molecule has 0 atom stereocenters. The van der Waals surface area contributed by atoms with Crippen molar-refractivity contribution < 1.29 is 4.79 Å². The van der Waals surface area contributed by atoms with Crippen LogP contribution in [0.5, 0.6) is 0 Å². The number of hydrogen-bond donors (Lipinski definition) is 2. The quantitative estimate of drug-likeness (QED) is 0.890. The lowest BCUT2D eigenvalue weighted by Gasteiger charge is -2.08. The average molecular weight is 296 g/mol. The van der Waals surface area contributed by atoms with Gasteiger partial charge in [0.2, 0.25) is 0 Å². The monoisotopic (exact) mass is 296 g/mol. The van der Waals surface area contributed by atoms with E-state index in [0.29, 0.717) is 5.69 Å². The van der Waals surface area contributed by atoms with E-state index >= 15 is 0 Å². The first-order chi connectivity index (χ1) is 10.8. The predicted molar refractivity (Wildman–Crippen MR) is 84.9 cm³/mol. The first-order valence-electron chi connectivity index (χ1n) is 7.60. The molecule has 2 aromatic rings. The number of carbonyl (C=O) groups is 1. The molecule has 1 amide bonds. The van der Waals surface area contributed by atoms with Crippen molar-refractivity contribution in [2.24, 2.45) is 0 Å². The van der Waals surface area contributed by atoms with Gasteiger partial charge in [-0.2, -0.15) is 0 Å². The summed E-state index contributed by atoms with van der Waals surface area (Å²) in [5, 5.41) is 5.97. The van der Waals surface area contributed by atoms with Crippen LogP contribution in [0.4, 0.5) is 0 Å². The lowest BCUT2D eigenvalue weighted by atomic mass is 9.98. The molecular weight excluding hydrogens is 276 g/mol. The second-order valence-corrected chi connectivity index (χ2v) is 5.50. The Hall–Kier alpha value is -2.27. The number of amides is 1. The summed E-state index contributed by atoms with van der Waals surface area (Å²) in [6, 6.07) is 6.67. The molecule has 2 heterocycles. The van der Waals surface area contributed by atoms with Crippen LogP contribution in [-0.2, 0) is 19.3 Å². The highest BCUT2D eigenvalue weighted by molar-refractivity contribution is 5.91. The van der Waals surface area contributed by atoms with Crippen LogP contribution in [0.1, 0.15) is 32.9 Å². The fraction of sp³-hybridized carbons (Fsp3) is 0.353. The van der Waals surface area contributed by atoms with Crippen LogP contribution in [0.15, 0.2) is 30.6 Å². The van der Waals surface area contributed by atoms with Crippen molar-refractivity contribution in [3.63, 3.8) is 0 Å². The SMILES string of the molecule is CNC(=O)c1cnc(Cc2ccc3c(c2)CCNCC3)cn1. The second-order valence-electron chi connectivity index (χ2n) is 5.50. The number of aromatic nitrogens is 2. The maximum Gasteiger partial charge on any atom is 0.271 e. The standard InChI is InChI=1S/C17H20N4O/c1-18-17(22)16-11-20-15(10-21-16)9-12-2-3-13-4-6-19-7-5-14(13)8-12/h2-3,8,10-11,19H,4-7,9H2,1H3,(H,18,22). The summed E-state index contributed by atoms with van der Waals surface area (Å²) >= 11 is 0. The van der Waals surface area contributed by atoms with E-state index in [4.69, 9.17) is 0 Å². The summed E-state index contributed by atoms with van der Waals surface area (Å²) in [5.41, 5.74) is 5.33. The normalized spacial score (nSPS) is 14.0. The van der Waals surface area contributed by atoms with Gasteiger partial charge in [-0.1, -0.05) is 18.2 Å². The highest BCUT2D eigenvalue weighted by Gasteiger charge is 2.09. The van der Waals surface area contributed by atoms with Crippen molar-refractivity contribution in [1.29, 1.82) is 0 Å². The van der Waals surface area contributed by atoms with E-state index in [1.807, 2.05) is 0 Å². The van der Waals surface area contributed by atoms with Crippen molar-refractivity contribution in [1.82, 2.24) is 20.6 Å². The Morgan fingerprint density at radius 3 is 2.73 bits per heavy atom. The molecule has 0 radical (unpaired) electrons. The van der Waals surface area contributed by atoms with E-state index in [0.717, 1.165) is 38.0 Å². The van der Waals surface area contributed by atoms with Crippen LogP contribution in [0.3, 0.4) is 0 Å². The van der Waals surface area contributed by atoms with Crippen LogP contribution >= 0.6 is 0 Å². The number of nitrogens with zero attached hydrogens (tertiary/aromatic N) is 2. The van der Waals surface area contributed by atoms with E-state index in [2.05, 4.69) is 38.8 Å². The largest absolute Gasteiger partial charge is 0.354 e. The molecule has 0 spiro atoms. The highest BCUT2D eigenvalue weighted by atomic mass is 16.1. The van der Waals surface area contributed by atoms with Crippen LogP contribution in [0, 0.1) is 0 Å². The zero-order chi connectivity index (χ0) is 15.4. The second kappa shape index (κ2) is 6.66. The van der Waals surface area contributed by atoms with Gasteiger partial charge in [-0.15, -0.1) is 0 Å². The minimum Gasteiger partial charge on any atom is -0.354 e. The Bertz CT molecular complexity index is 667. The van der Waals surface area contributed by atoms with Gasteiger partial charge in [0.1, 0.15) is 5.69 Å². The van der Waals surface area contributed by atoms with Crippen molar-refractivity contribution >= 4 is 5.91 Å². The summed E-state index contributed by atoms with van der Waals surface area (Å²) in [6.07, 6.45) is 6.11. The molecular formula is C17H20N4O. The number of carbonyl (C=O) groups excluding carboxylic acids is 1. The zero-order valence-corrected chi connectivity index (χ0v) is 12.7. The molecule has 0 aliphatic carbocycles. The van der Waals surface area contributed by atoms with E-state index in [-0.39, 0.29) is 5.91 Å². The molecule has 2 N–H and O–H groups in total. The van der Waals surface area contributed by atoms with Crippen molar-refractivity contribution in [3.8, 4) is 0 Å². The topological polar surface area (TPSA) is 66.9 Å². The van der Waals surface area contributed by atoms with Crippen LogP contribution in [0.25, 0.3) is 0 Å². The lowest BCUT2D eigenvalue weighted by Crippen LogP contribution is -2.19. The molecule has 3 rings (SSSR count). The summed E-state index contributed by atoms with van der Waals surface area (Å²) in [7, 11) is 1.59. The van der Waals surface area contributed by atoms with E-state index in [1.165, 1.54) is 22.9 Å². The third-order valence-corrected chi connectivity index (χ3v) is 3.96. The fourth-order valence-electron chi connectivity index (χ4n) is 2.74. The average Bonchev–Trinajstić information content (AvgIpc) is 2.79. The van der Waals surface area contributed by atoms with Gasteiger partial charge >= 0.3 is 0 Å². The van der Waals surface area contributed by atoms with Gasteiger partial charge in [0.25, 0.3) is 5.91 Å². The Balaban J connectivity index is 1.75. The number of hydrogen-bond acceptors (Lipinski definition) is 4. The van der Waals surface area contributed by atoms with Crippen LogP contribution in [0.2, 0.25) is 0 Å². The van der Waals surface area contributed by atoms with Crippen molar-refractivity contribution in [2.75, 3.05) is 20.1 Å². The molecule has 5 heteroatoms. The van der Waals surface area contributed by atoms with Crippen LogP contribution in [-0.4, -0.2) is 36.0 Å². The Labute approximate surface area is 130 Å². The molecule has 1 aromatic carbocycles. The van der Waals surface area contributed by atoms with Crippen molar-refractivity contribution in [3.05, 3.63) is 58.7 Å². The third-order valence-electron chi connectivity index (χ3n) is 3.96. The van der Waals surface area contributed by atoms with E-state index in [9.17, 15) is 4.79 Å². The minimum atomic E-state index is -0.211. The maximum absolute atomic E-state index is 11.5. The van der Waals surface area contributed by atoms with Crippen LogP contribution < -0.4 is 10.6 Å². The third kappa shape index (κ3) is 3.31. The van der Waals surface area contributed by atoms with E-state index in [1.54, 1.807) is 13.2 Å². The number of benzene rings is 1. The molecule has 1 aliphatic heterocycles. The van der Waals surface area contributed by atoms with Gasteiger partial charge in [-0.25, -0.2) is 4.98 Å². The molecule has 0 saturated heterocycles. The summed E-state index contributed by atoms with van der Waals surface area (Å²) in [5.74, 6) is -0.211. The molecule has 0 unspecified atom stereocenters. The van der Waals surface area contributed by atoms with Gasteiger partial charge in [0, 0.05) is 19.7 Å². The maximum atomic E-state index is 11.5. The smallest absolute Gasteiger partial charge is 0.271 e. The molecule has 0 bridgehead atoms. The fourth-order valence-corrected chi connectivity index (χ4v) is 2.74. The molecule has 0 saturated carbocycles. The van der Waals surface area contributed by atoms with E-state index < -0.39 is 0 Å². The summed E-state index contributed by atoms with van der Waals surface area (Å²) in [4.78, 5) is 20.0. The number of fused-ring (bicyclic) bond motifs is 1. The Kier molecular flexibility index (Phi) is 4.44. The molecule has 22 heavy (non-hydrogen) atoms. The van der Waals surface area contributed by atoms with Gasteiger partial charge < -0.3 is 10.6 Å². The van der Waals surface area contributed by atoms with Crippen molar-refractivity contribution in [2.45, 2.75) is 19.3 Å². The summed E-state index contributed by atoms with van der Waals surface area (Å²) < 4.78 is 0. The predicted octanol–water partition coefficient (Wildman–Crippen LogP) is 1.12. The lowest BCUT2D eigenvalue weighted by molar-refractivity contribution is 0.0957. The number of rotatable bonds is 3. The van der Waals surface area contributed by atoms with Gasteiger partial charge in [-0.3, -0.25) is 9.78 Å². The highest BCUT2D eigenvalue weighted by Crippen LogP contribution is 2.17. The molecule has 0 fully saturated rings. The minimum absolute atomic E-state index is 0.211. The Morgan fingerprint density at radius 2 is 2.00 bits per heavy atom. The molecule has 114 valence electrons. The molecule has 1 aromatic heterocycles. The first-order valence-corrected chi connectivity index (χ1v) is 7.60. The summed E-state index contributed by atoms with van der Waals surface area (Å²) in [6.45, 7) is 2.09. The van der Waals surface area contributed by atoms with Gasteiger partial charge in [0.15, 0.2) is 0 Å². The van der Waals surface area contributed by atoms with Gasteiger partial charge in [-0.05, 0) is 42.6 Å². The number of nitrogens with one attached hydrogen (secondary N) is 2. The molecule has 1 aliphatic rings. The first kappa shape index (κ1) is 14.7. The zero-order valence-electron chi connectivity index (χ0n) is 12.7. The Morgan fingerprint density at radius 1 is 1.18 bits per heavy atom. The van der Waals surface area contributed by atoms with Gasteiger partial charge in [0.05, 0.1) is 11.9 Å².